The summed E-state index contributed by atoms with van der Waals surface area (Å²) in [5, 5.41) is 0. The minimum Gasteiger partial charge on any atom is -0.462 e. The molecule has 2 aliphatic rings. The van der Waals surface area contributed by atoms with Gasteiger partial charge >= 0.3 is 5.97 Å². The number of unbranched alkanes of at least 4 members (excludes halogenated alkanes) is 11. The van der Waals surface area contributed by atoms with Gasteiger partial charge in [-0.3, -0.25) is 4.79 Å². The van der Waals surface area contributed by atoms with Gasteiger partial charge in [0.15, 0.2) is 6.29 Å². The quantitative estimate of drug-likeness (QED) is 0.172. The molecule has 0 saturated carbocycles. The SMILES string of the molecule is CCCCCCCCCCC[C@@H]1C[C@H](OC2CCCCO2)[C@H](CCCCCC)C(=O)O1. The van der Waals surface area contributed by atoms with Gasteiger partial charge in [-0.2, -0.15) is 0 Å². The molecular formula is C27H50O4. The second-order valence-electron chi connectivity index (χ2n) is 9.84. The van der Waals surface area contributed by atoms with Gasteiger partial charge < -0.3 is 14.2 Å². The maximum Gasteiger partial charge on any atom is 0.311 e. The van der Waals surface area contributed by atoms with Crippen molar-refractivity contribution in [3.05, 3.63) is 0 Å². The lowest BCUT2D eigenvalue weighted by Crippen LogP contribution is -2.45. The van der Waals surface area contributed by atoms with E-state index in [4.69, 9.17) is 14.2 Å². The average Bonchev–Trinajstić information content (AvgIpc) is 2.77. The molecule has 0 aliphatic carbocycles. The van der Waals surface area contributed by atoms with Crippen molar-refractivity contribution >= 4 is 5.97 Å². The van der Waals surface area contributed by atoms with E-state index < -0.39 is 0 Å². The largest absolute Gasteiger partial charge is 0.462 e. The maximum atomic E-state index is 12.8. The van der Waals surface area contributed by atoms with Crippen LogP contribution in [0, 0.1) is 5.92 Å². The van der Waals surface area contributed by atoms with Crippen molar-refractivity contribution < 1.29 is 19.0 Å². The van der Waals surface area contributed by atoms with Crippen LogP contribution in [0.25, 0.3) is 0 Å². The Hall–Kier alpha value is -0.610. The summed E-state index contributed by atoms with van der Waals surface area (Å²) in [5.74, 6) is -0.133. The Morgan fingerprint density at radius 1 is 0.806 bits per heavy atom. The number of hydrogen-bond donors (Lipinski definition) is 0. The Labute approximate surface area is 192 Å². The van der Waals surface area contributed by atoms with E-state index in [2.05, 4.69) is 13.8 Å². The number of ether oxygens (including phenoxy) is 3. The first kappa shape index (κ1) is 26.6. The highest BCUT2D eigenvalue weighted by Crippen LogP contribution is 2.32. The lowest BCUT2D eigenvalue weighted by molar-refractivity contribution is -0.222. The van der Waals surface area contributed by atoms with Gasteiger partial charge in [-0.05, 0) is 38.5 Å². The van der Waals surface area contributed by atoms with Crippen LogP contribution < -0.4 is 0 Å². The van der Waals surface area contributed by atoms with Gasteiger partial charge in [0.05, 0.1) is 12.0 Å². The second-order valence-corrected chi connectivity index (χ2v) is 9.84. The third kappa shape index (κ3) is 11.2. The van der Waals surface area contributed by atoms with Crippen molar-refractivity contribution in [2.75, 3.05) is 6.61 Å². The van der Waals surface area contributed by atoms with E-state index in [1.807, 2.05) is 0 Å². The Balaban J connectivity index is 1.72. The van der Waals surface area contributed by atoms with Crippen molar-refractivity contribution in [3.63, 3.8) is 0 Å². The van der Waals surface area contributed by atoms with Crippen LogP contribution >= 0.6 is 0 Å². The summed E-state index contributed by atoms with van der Waals surface area (Å²) in [4.78, 5) is 12.8. The van der Waals surface area contributed by atoms with E-state index in [1.165, 1.54) is 70.6 Å². The number of rotatable bonds is 17. The summed E-state index contributed by atoms with van der Waals surface area (Å²) in [6.07, 6.45) is 22.4. The highest BCUT2D eigenvalue weighted by molar-refractivity contribution is 5.74. The Morgan fingerprint density at radius 3 is 2.06 bits per heavy atom. The molecule has 0 aromatic rings. The van der Waals surface area contributed by atoms with Crippen molar-refractivity contribution in [2.45, 2.75) is 154 Å². The van der Waals surface area contributed by atoms with Crippen LogP contribution in [0.1, 0.15) is 136 Å². The Morgan fingerprint density at radius 2 is 1.42 bits per heavy atom. The number of hydrogen-bond acceptors (Lipinski definition) is 4. The molecule has 4 atom stereocenters. The standard InChI is InChI=1S/C27H50O4/c1-3-5-7-9-10-11-12-13-14-18-23-22-25(31-26-20-16-17-21-29-26)24(27(28)30-23)19-15-8-6-4-2/h23-26H,3-22H2,1-2H3/t23-,24+,25+,26?/m1/s1. The summed E-state index contributed by atoms with van der Waals surface area (Å²) >= 11 is 0. The van der Waals surface area contributed by atoms with Crippen LogP contribution in [0.2, 0.25) is 0 Å². The molecule has 0 radical (unpaired) electrons. The van der Waals surface area contributed by atoms with Gasteiger partial charge in [0, 0.05) is 13.0 Å². The molecule has 2 aliphatic heterocycles. The number of esters is 1. The van der Waals surface area contributed by atoms with Crippen LogP contribution in [0.5, 0.6) is 0 Å². The van der Waals surface area contributed by atoms with Crippen LogP contribution in [-0.2, 0) is 19.0 Å². The van der Waals surface area contributed by atoms with Crippen LogP contribution in [0.3, 0.4) is 0 Å². The first-order valence-corrected chi connectivity index (χ1v) is 13.7. The second kappa shape index (κ2) is 16.9. The zero-order valence-electron chi connectivity index (χ0n) is 20.6. The molecule has 4 nitrogen and oxygen atoms in total. The van der Waals surface area contributed by atoms with E-state index in [0.29, 0.717) is 0 Å². The fraction of sp³-hybridized carbons (Fsp3) is 0.963. The summed E-state index contributed by atoms with van der Waals surface area (Å²) < 4.78 is 18.1. The van der Waals surface area contributed by atoms with Gasteiger partial charge in [-0.25, -0.2) is 0 Å². The third-order valence-electron chi connectivity index (χ3n) is 6.99. The van der Waals surface area contributed by atoms with E-state index in [0.717, 1.165) is 58.0 Å². The smallest absolute Gasteiger partial charge is 0.311 e. The zero-order valence-corrected chi connectivity index (χ0v) is 20.6. The van der Waals surface area contributed by atoms with Crippen LogP contribution in [0.15, 0.2) is 0 Å². The van der Waals surface area contributed by atoms with E-state index in [1.54, 1.807) is 0 Å². The lowest BCUT2D eigenvalue weighted by atomic mass is 9.87. The van der Waals surface area contributed by atoms with E-state index >= 15 is 0 Å². The van der Waals surface area contributed by atoms with Gasteiger partial charge in [-0.1, -0.05) is 90.9 Å². The predicted octanol–water partition coefficient (Wildman–Crippen LogP) is 7.72. The summed E-state index contributed by atoms with van der Waals surface area (Å²) in [6.45, 7) is 5.27. The lowest BCUT2D eigenvalue weighted by Gasteiger charge is -2.37. The molecule has 1 unspecified atom stereocenters. The minimum absolute atomic E-state index is 0.0236. The monoisotopic (exact) mass is 438 g/mol. The molecule has 182 valence electrons. The number of carbonyl (C=O) groups is 1. The minimum atomic E-state index is -0.129. The van der Waals surface area contributed by atoms with Crippen molar-refractivity contribution in [1.29, 1.82) is 0 Å². The van der Waals surface area contributed by atoms with Gasteiger partial charge in [0.25, 0.3) is 0 Å². The molecule has 0 N–H and O–H groups in total. The molecular weight excluding hydrogens is 388 g/mol. The molecule has 0 bridgehead atoms. The molecule has 2 saturated heterocycles. The highest BCUT2D eigenvalue weighted by atomic mass is 16.7. The van der Waals surface area contributed by atoms with Gasteiger partial charge in [0.1, 0.15) is 6.10 Å². The highest BCUT2D eigenvalue weighted by Gasteiger charge is 2.40. The van der Waals surface area contributed by atoms with E-state index in [-0.39, 0.29) is 30.4 Å². The molecule has 0 aromatic heterocycles. The van der Waals surface area contributed by atoms with E-state index in [9.17, 15) is 4.79 Å². The molecule has 31 heavy (non-hydrogen) atoms. The predicted molar refractivity (Wildman–Crippen MR) is 127 cm³/mol. The molecule has 2 rings (SSSR count). The first-order valence-electron chi connectivity index (χ1n) is 13.7. The van der Waals surface area contributed by atoms with Crippen LogP contribution in [-0.4, -0.2) is 31.1 Å². The van der Waals surface area contributed by atoms with Gasteiger partial charge in [-0.15, -0.1) is 0 Å². The fourth-order valence-corrected chi connectivity index (χ4v) is 4.99. The van der Waals surface area contributed by atoms with Crippen molar-refractivity contribution in [3.8, 4) is 0 Å². The first-order chi connectivity index (χ1) is 15.2. The maximum absolute atomic E-state index is 12.8. The fourth-order valence-electron chi connectivity index (χ4n) is 4.99. The number of cyclic esters (lactones) is 1. The third-order valence-corrected chi connectivity index (χ3v) is 6.99. The molecule has 0 spiro atoms. The normalized spacial score (nSPS) is 26.7. The molecule has 2 heterocycles. The Bertz CT molecular complexity index is 447. The van der Waals surface area contributed by atoms with Crippen molar-refractivity contribution in [1.82, 2.24) is 0 Å². The topological polar surface area (TPSA) is 44.8 Å². The summed E-state index contributed by atoms with van der Waals surface area (Å²) in [7, 11) is 0. The summed E-state index contributed by atoms with van der Waals surface area (Å²) in [5.41, 5.74) is 0. The zero-order chi connectivity index (χ0) is 22.2. The average molecular weight is 439 g/mol. The number of carbonyl (C=O) groups excluding carboxylic acids is 1. The van der Waals surface area contributed by atoms with Crippen LogP contribution in [0.4, 0.5) is 0 Å². The summed E-state index contributed by atoms with van der Waals surface area (Å²) in [6, 6.07) is 0. The molecule has 0 amide bonds. The molecule has 0 aromatic carbocycles. The Kier molecular flexibility index (Phi) is 14.6. The molecule has 2 fully saturated rings. The molecule has 4 heteroatoms. The van der Waals surface area contributed by atoms with Crippen molar-refractivity contribution in [2.24, 2.45) is 5.92 Å². The van der Waals surface area contributed by atoms with Gasteiger partial charge in [0.2, 0.25) is 0 Å².